The molecule has 1 N–H and O–H groups in total. The minimum absolute atomic E-state index is 0.248. The average molecular weight is 346 g/mol. The highest BCUT2D eigenvalue weighted by Gasteiger charge is 2.05. The summed E-state index contributed by atoms with van der Waals surface area (Å²) in [5.41, 5.74) is 2.31. The van der Waals surface area contributed by atoms with Crippen LogP contribution in [0.25, 0.3) is 0 Å². The van der Waals surface area contributed by atoms with E-state index in [-0.39, 0.29) is 5.56 Å². The van der Waals surface area contributed by atoms with Crippen molar-refractivity contribution in [2.24, 2.45) is 0 Å². The van der Waals surface area contributed by atoms with E-state index in [0.717, 1.165) is 24.2 Å². The molecular weight excluding hydrogens is 324 g/mol. The molecule has 2 aromatic rings. The zero-order chi connectivity index (χ0) is 17.4. The molecule has 0 saturated carbocycles. The molecule has 0 radical (unpaired) electrons. The maximum Gasteiger partial charge on any atom is 0.335 e. The zero-order valence-corrected chi connectivity index (χ0v) is 14.6. The summed E-state index contributed by atoms with van der Waals surface area (Å²) < 4.78 is 17.7. The Morgan fingerprint density at radius 1 is 1.12 bits per heavy atom. The number of rotatable bonds is 9. The van der Waals surface area contributed by atoms with Crippen LogP contribution in [0.5, 0.6) is 5.75 Å². The van der Waals surface area contributed by atoms with Gasteiger partial charge in [-0.25, -0.2) is 4.79 Å². The third-order valence-electron chi connectivity index (χ3n) is 3.55. The number of aromatic carboxylic acids is 1. The first-order chi connectivity index (χ1) is 11.5. The van der Waals surface area contributed by atoms with Gasteiger partial charge in [-0.1, -0.05) is 24.3 Å². The lowest BCUT2D eigenvalue weighted by Gasteiger charge is -2.07. The Morgan fingerprint density at radius 3 is 2.54 bits per heavy atom. The Bertz CT molecular complexity index is 695. The smallest absolute Gasteiger partial charge is 0.335 e. The summed E-state index contributed by atoms with van der Waals surface area (Å²) in [6.45, 7) is 2.65. The molecular formula is C19H22O4S. The topological polar surface area (TPSA) is 63.6 Å². The van der Waals surface area contributed by atoms with E-state index in [2.05, 4.69) is 0 Å². The molecule has 0 aliphatic carbocycles. The minimum Gasteiger partial charge on any atom is -0.494 e. The van der Waals surface area contributed by atoms with E-state index in [1.807, 2.05) is 31.2 Å². The van der Waals surface area contributed by atoms with Gasteiger partial charge in [0.05, 0.1) is 12.2 Å². The summed E-state index contributed by atoms with van der Waals surface area (Å²) in [6.07, 6.45) is 1.70. The van der Waals surface area contributed by atoms with Gasteiger partial charge >= 0.3 is 5.97 Å². The standard InChI is InChI=1S/C19H22O4S/c1-15-5-4-6-18(13-15)23-11-2-3-12-24(22)14-16-7-9-17(10-8-16)19(20)21/h4-10,13H,2-3,11-12,14H2,1H3,(H,20,21). The summed E-state index contributed by atoms with van der Waals surface area (Å²) >= 11 is 0. The third-order valence-corrected chi connectivity index (χ3v) is 4.95. The van der Waals surface area contributed by atoms with E-state index < -0.39 is 16.8 Å². The van der Waals surface area contributed by atoms with E-state index in [4.69, 9.17) is 9.84 Å². The van der Waals surface area contributed by atoms with Crippen LogP contribution in [-0.4, -0.2) is 27.6 Å². The van der Waals surface area contributed by atoms with Crippen molar-refractivity contribution >= 4 is 16.8 Å². The van der Waals surface area contributed by atoms with Crippen molar-refractivity contribution in [3.63, 3.8) is 0 Å². The van der Waals surface area contributed by atoms with Crippen LogP contribution in [0.15, 0.2) is 48.5 Å². The van der Waals surface area contributed by atoms with Crippen molar-refractivity contribution in [2.45, 2.75) is 25.5 Å². The third kappa shape index (κ3) is 6.16. The number of carboxylic acids is 1. The molecule has 1 unspecified atom stereocenters. The van der Waals surface area contributed by atoms with Gasteiger partial charge in [-0.3, -0.25) is 4.21 Å². The summed E-state index contributed by atoms with van der Waals surface area (Å²) in [4.78, 5) is 10.8. The number of aryl methyl sites for hydroxylation is 1. The normalized spacial score (nSPS) is 11.9. The van der Waals surface area contributed by atoms with Crippen molar-refractivity contribution in [2.75, 3.05) is 12.4 Å². The predicted molar refractivity (Wildman–Crippen MR) is 96.0 cm³/mol. The predicted octanol–water partition coefficient (Wildman–Crippen LogP) is 3.80. The zero-order valence-electron chi connectivity index (χ0n) is 13.7. The van der Waals surface area contributed by atoms with Gasteiger partial charge in [-0.2, -0.15) is 0 Å². The molecule has 4 nitrogen and oxygen atoms in total. The van der Waals surface area contributed by atoms with E-state index in [0.29, 0.717) is 18.1 Å². The molecule has 5 heteroatoms. The van der Waals surface area contributed by atoms with Crippen LogP contribution < -0.4 is 4.74 Å². The summed E-state index contributed by atoms with van der Waals surface area (Å²) in [5, 5.41) is 8.85. The first-order valence-corrected chi connectivity index (χ1v) is 9.40. The molecule has 0 bridgehead atoms. The van der Waals surface area contributed by atoms with E-state index >= 15 is 0 Å². The van der Waals surface area contributed by atoms with Gasteiger partial charge in [0, 0.05) is 22.3 Å². The molecule has 0 heterocycles. The van der Waals surface area contributed by atoms with Gasteiger partial charge in [-0.05, 0) is 55.2 Å². The Kier molecular flexibility index (Phi) is 7.00. The molecule has 2 aromatic carbocycles. The van der Waals surface area contributed by atoms with Crippen LogP contribution in [0.3, 0.4) is 0 Å². The molecule has 0 aromatic heterocycles. The summed E-state index contributed by atoms with van der Waals surface area (Å²) in [6, 6.07) is 14.5. The molecule has 0 aliphatic heterocycles. The highest BCUT2D eigenvalue weighted by Crippen LogP contribution is 2.13. The molecule has 0 aliphatic rings. The van der Waals surface area contributed by atoms with Crippen molar-refractivity contribution < 1.29 is 18.8 Å². The van der Waals surface area contributed by atoms with E-state index in [1.54, 1.807) is 24.3 Å². The van der Waals surface area contributed by atoms with Crippen molar-refractivity contribution in [1.29, 1.82) is 0 Å². The molecule has 2 rings (SSSR count). The summed E-state index contributed by atoms with van der Waals surface area (Å²) in [7, 11) is -0.943. The molecule has 0 saturated heterocycles. The maximum atomic E-state index is 12.1. The quantitative estimate of drug-likeness (QED) is 0.702. The number of unbranched alkanes of at least 4 members (excludes halogenated alkanes) is 1. The average Bonchev–Trinajstić information content (AvgIpc) is 2.55. The lowest BCUT2D eigenvalue weighted by atomic mass is 10.1. The van der Waals surface area contributed by atoms with Gasteiger partial charge < -0.3 is 9.84 Å². The Morgan fingerprint density at radius 2 is 1.88 bits per heavy atom. The van der Waals surface area contributed by atoms with Crippen LogP contribution in [0.2, 0.25) is 0 Å². The van der Waals surface area contributed by atoms with Crippen LogP contribution >= 0.6 is 0 Å². The lowest BCUT2D eigenvalue weighted by molar-refractivity contribution is 0.0697. The minimum atomic E-state index is -0.948. The van der Waals surface area contributed by atoms with Gasteiger partial charge in [0.25, 0.3) is 0 Å². The van der Waals surface area contributed by atoms with Crippen LogP contribution in [0.4, 0.5) is 0 Å². The fourth-order valence-corrected chi connectivity index (χ4v) is 3.50. The highest BCUT2D eigenvalue weighted by molar-refractivity contribution is 7.84. The second-order valence-corrected chi connectivity index (χ2v) is 7.24. The van der Waals surface area contributed by atoms with Crippen LogP contribution in [0.1, 0.15) is 34.3 Å². The van der Waals surface area contributed by atoms with Gasteiger partial charge in [0.1, 0.15) is 5.75 Å². The highest BCUT2D eigenvalue weighted by atomic mass is 32.2. The van der Waals surface area contributed by atoms with E-state index in [9.17, 15) is 9.00 Å². The number of carbonyl (C=O) groups is 1. The Balaban J connectivity index is 1.65. The molecule has 0 spiro atoms. The maximum absolute atomic E-state index is 12.1. The largest absolute Gasteiger partial charge is 0.494 e. The lowest BCUT2D eigenvalue weighted by Crippen LogP contribution is -2.04. The second kappa shape index (κ2) is 9.23. The molecule has 0 amide bonds. The van der Waals surface area contributed by atoms with Crippen molar-refractivity contribution in [3.05, 3.63) is 65.2 Å². The number of benzene rings is 2. The van der Waals surface area contributed by atoms with Crippen LogP contribution in [0, 0.1) is 6.92 Å². The van der Waals surface area contributed by atoms with Crippen LogP contribution in [-0.2, 0) is 16.6 Å². The molecule has 24 heavy (non-hydrogen) atoms. The summed E-state index contributed by atoms with van der Waals surface area (Å²) in [5.74, 6) is 1.00. The molecule has 128 valence electrons. The second-order valence-electron chi connectivity index (χ2n) is 5.66. The van der Waals surface area contributed by atoms with E-state index in [1.165, 1.54) is 5.56 Å². The molecule has 0 fully saturated rings. The monoisotopic (exact) mass is 346 g/mol. The van der Waals surface area contributed by atoms with Gasteiger partial charge in [-0.15, -0.1) is 0 Å². The Labute approximate surface area is 144 Å². The number of carboxylic acid groups (broad SMARTS) is 1. The Hall–Kier alpha value is -2.14. The SMILES string of the molecule is Cc1cccc(OCCCCS(=O)Cc2ccc(C(=O)O)cc2)c1. The fraction of sp³-hybridized carbons (Fsp3) is 0.316. The fourth-order valence-electron chi connectivity index (χ4n) is 2.26. The van der Waals surface area contributed by atoms with Gasteiger partial charge in [0.15, 0.2) is 0 Å². The van der Waals surface area contributed by atoms with Gasteiger partial charge in [0.2, 0.25) is 0 Å². The number of hydrogen-bond acceptors (Lipinski definition) is 3. The van der Waals surface area contributed by atoms with Crippen molar-refractivity contribution in [3.8, 4) is 5.75 Å². The first kappa shape index (κ1) is 18.2. The molecule has 1 atom stereocenters. The first-order valence-electron chi connectivity index (χ1n) is 7.91. The van der Waals surface area contributed by atoms with Crippen molar-refractivity contribution in [1.82, 2.24) is 0 Å². The number of hydrogen-bond donors (Lipinski definition) is 1. The number of ether oxygens (including phenoxy) is 1.